The number of aryl methyl sites for hydroxylation is 1. The van der Waals surface area contributed by atoms with E-state index in [-0.39, 0.29) is 30.2 Å². The number of nitrogens with two attached hydrogens (primary N) is 1. The van der Waals surface area contributed by atoms with Crippen LogP contribution in [0.5, 0.6) is 0 Å². The first kappa shape index (κ1) is 19.4. The van der Waals surface area contributed by atoms with Crippen molar-refractivity contribution in [2.24, 2.45) is 5.92 Å². The van der Waals surface area contributed by atoms with E-state index in [0.29, 0.717) is 18.8 Å². The second-order valence-electron chi connectivity index (χ2n) is 6.98. The highest BCUT2D eigenvalue weighted by atomic mass is 19.2. The number of hydrogen-bond donors (Lipinski definition) is 2. The van der Waals surface area contributed by atoms with Gasteiger partial charge < -0.3 is 11.1 Å². The van der Waals surface area contributed by atoms with Crippen molar-refractivity contribution in [2.75, 3.05) is 11.1 Å². The molecule has 0 radical (unpaired) electrons. The van der Waals surface area contributed by atoms with E-state index >= 15 is 0 Å². The fraction of sp³-hybridized carbons (Fsp3) is 0.526. The predicted molar refractivity (Wildman–Crippen MR) is 97.8 cm³/mol. The Hall–Kier alpha value is -2.38. The maximum atomic E-state index is 13.9. The molecule has 1 heterocycles. The van der Waals surface area contributed by atoms with E-state index in [4.69, 9.17) is 5.73 Å². The highest BCUT2D eigenvalue weighted by molar-refractivity contribution is 5.33. The summed E-state index contributed by atoms with van der Waals surface area (Å²) >= 11 is 0. The maximum absolute atomic E-state index is 13.9. The van der Waals surface area contributed by atoms with Crippen molar-refractivity contribution in [3.8, 4) is 0 Å². The van der Waals surface area contributed by atoms with Crippen LogP contribution in [-0.4, -0.2) is 21.0 Å². The van der Waals surface area contributed by atoms with Gasteiger partial charge in [-0.15, -0.1) is 0 Å². The molecule has 0 bridgehead atoms. The normalized spacial score (nSPS) is 16.6. The Bertz CT molecular complexity index is 782. The molecule has 3 rings (SSSR count). The van der Waals surface area contributed by atoms with Crippen LogP contribution in [0.2, 0.25) is 0 Å². The van der Waals surface area contributed by atoms with Crippen LogP contribution in [-0.2, 0) is 6.42 Å². The van der Waals surface area contributed by atoms with Crippen molar-refractivity contribution in [1.82, 2.24) is 15.0 Å². The topological polar surface area (TPSA) is 76.7 Å². The van der Waals surface area contributed by atoms with Gasteiger partial charge in [0.15, 0.2) is 23.6 Å². The van der Waals surface area contributed by atoms with Crippen molar-refractivity contribution in [1.29, 1.82) is 0 Å². The first-order valence-electron chi connectivity index (χ1n) is 9.32. The molecule has 0 unspecified atom stereocenters. The highest BCUT2D eigenvalue weighted by Gasteiger charge is 2.28. The standard InChI is InChI=1S/C19H24F3N5/c1-2-13(20)17-25-18(23)27-19(26-17)24-16(12-4-3-5-12)9-7-11-6-8-14(21)15(22)10-11/h6,8,10,12-13,16H,2-5,7,9H2,1H3,(H3,23,24,25,26,27)/t13-,16+/m1/s1. The Kier molecular flexibility index (Phi) is 6.13. The Labute approximate surface area is 156 Å². The lowest BCUT2D eigenvalue weighted by Crippen LogP contribution is -2.35. The molecule has 3 N–H and O–H groups in total. The van der Waals surface area contributed by atoms with Gasteiger partial charge in [-0.05, 0) is 55.7 Å². The van der Waals surface area contributed by atoms with Gasteiger partial charge in [0.05, 0.1) is 0 Å². The fourth-order valence-corrected chi connectivity index (χ4v) is 3.25. The van der Waals surface area contributed by atoms with Crippen LogP contribution < -0.4 is 11.1 Å². The van der Waals surface area contributed by atoms with Gasteiger partial charge in [0.1, 0.15) is 0 Å². The van der Waals surface area contributed by atoms with Gasteiger partial charge in [0.2, 0.25) is 11.9 Å². The van der Waals surface area contributed by atoms with Gasteiger partial charge in [-0.1, -0.05) is 19.4 Å². The van der Waals surface area contributed by atoms with Crippen molar-refractivity contribution >= 4 is 11.9 Å². The summed E-state index contributed by atoms with van der Waals surface area (Å²) in [6.45, 7) is 1.71. The molecule has 2 atom stereocenters. The third-order valence-corrected chi connectivity index (χ3v) is 5.07. The number of anilines is 2. The molecule has 0 spiro atoms. The fourth-order valence-electron chi connectivity index (χ4n) is 3.25. The molecule has 0 aliphatic heterocycles. The summed E-state index contributed by atoms with van der Waals surface area (Å²) in [6, 6.07) is 3.99. The van der Waals surface area contributed by atoms with Gasteiger partial charge in [0, 0.05) is 6.04 Å². The van der Waals surface area contributed by atoms with Gasteiger partial charge in [-0.3, -0.25) is 0 Å². The number of hydrogen-bond acceptors (Lipinski definition) is 5. The smallest absolute Gasteiger partial charge is 0.228 e. The maximum Gasteiger partial charge on any atom is 0.228 e. The number of benzene rings is 1. The summed E-state index contributed by atoms with van der Waals surface area (Å²) in [5.74, 6) is -0.992. The average molecular weight is 379 g/mol. The Morgan fingerprint density at radius 1 is 1.19 bits per heavy atom. The molecule has 8 heteroatoms. The van der Waals surface area contributed by atoms with E-state index in [2.05, 4.69) is 20.3 Å². The van der Waals surface area contributed by atoms with Gasteiger partial charge in [-0.2, -0.15) is 15.0 Å². The summed E-state index contributed by atoms with van der Waals surface area (Å²) in [4.78, 5) is 12.1. The average Bonchev–Trinajstić information content (AvgIpc) is 2.59. The number of nitrogens with zero attached hydrogens (tertiary/aromatic N) is 3. The lowest BCUT2D eigenvalue weighted by molar-refractivity contribution is 0.265. The lowest BCUT2D eigenvalue weighted by atomic mass is 9.78. The molecular formula is C19H24F3N5. The highest BCUT2D eigenvalue weighted by Crippen LogP contribution is 2.33. The Morgan fingerprint density at radius 2 is 1.96 bits per heavy atom. The predicted octanol–water partition coefficient (Wildman–Crippen LogP) is 4.37. The molecule has 1 aliphatic carbocycles. The van der Waals surface area contributed by atoms with Crippen molar-refractivity contribution < 1.29 is 13.2 Å². The van der Waals surface area contributed by atoms with Crippen LogP contribution in [0.3, 0.4) is 0 Å². The molecular weight excluding hydrogens is 355 g/mol. The zero-order chi connectivity index (χ0) is 19.4. The zero-order valence-corrected chi connectivity index (χ0v) is 15.3. The van der Waals surface area contributed by atoms with E-state index in [1.807, 2.05) is 0 Å². The van der Waals surface area contributed by atoms with Gasteiger partial charge in [-0.25, -0.2) is 13.2 Å². The van der Waals surface area contributed by atoms with Crippen LogP contribution in [0.1, 0.15) is 56.6 Å². The molecule has 1 aromatic heterocycles. The molecule has 2 aromatic rings. The van der Waals surface area contributed by atoms with E-state index in [1.54, 1.807) is 13.0 Å². The van der Waals surface area contributed by atoms with E-state index < -0.39 is 17.8 Å². The minimum absolute atomic E-state index is 0.0217. The SMILES string of the molecule is CC[C@@H](F)c1nc(N)nc(N[C@@H](CCc2ccc(F)c(F)c2)C2CCC2)n1. The largest absolute Gasteiger partial charge is 0.368 e. The summed E-state index contributed by atoms with van der Waals surface area (Å²) in [6.07, 6.45) is 3.54. The Balaban J connectivity index is 1.71. The number of rotatable bonds is 8. The van der Waals surface area contributed by atoms with Crippen LogP contribution >= 0.6 is 0 Å². The molecule has 1 fully saturated rings. The lowest BCUT2D eigenvalue weighted by Gasteiger charge is -2.34. The summed E-state index contributed by atoms with van der Waals surface area (Å²) in [5, 5.41) is 3.26. The molecule has 1 saturated carbocycles. The second kappa shape index (κ2) is 8.54. The molecule has 5 nitrogen and oxygen atoms in total. The summed E-state index contributed by atoms with van der Waals surface area (Å²) in [5.41, 5.74) is 6.43. The summed E-state index contributed by atoms with van der Waals surface area (Å²) < 4.78 is 40.4. The van der Waals surface area contributed by atoms with E-state index in [9.17, 15) is 13.2 Å². The van der Waals surface area contributed by atoms with Gasteiger partial charge in [0.25, 0.3) is 0 Å². The number of aromatic nitrogens is 3. The zero-order valence-electron chi connectivity index (χ0n) is 15.3. The first-order chi connectivity index (χ1) is 13.0. The quantitative estimate of drug-likeness (QED) is 0.712. The Morgan fingerprint density at radius 3 is 2.59 bits per heavy atom. The third-order valence-electron chi connectivity index (χ3n) is 5.07. The van der Waals surface area contributed by atoms with Crippen molar-refractivity contribution in [3.63, 3.8) is 0 Å². The first-order valence-corrected chi connectivity index (χ1v) is 9.32. The molecule has 146 valence electrons. The van der Waals surface area contributed by atoms with E-state index in [0.717, 1.165) is 30.9 Å². The van der Waals surface area contributed by atoms with Crippen LogP contribution in [0.15, 0.2) is 18.2 Å². The molecule has 27 heavy (non-hydrogen) atoms. The van der Waals surface area contributed by atoms with Gasteiger partial charge >= 0.3 is 0 Å². The minimum atomic E-state index is -1.29. The van der Waals surface area contributed by atoms with Crippen LogP contribution in [0, 0.1) is 17.6 Å². The van der Waals surface area contributed by atoms with Crippen molar-refractivity contribution in [3.05, 3.63) is 41.2 Å². The number of halogens is 3. The summed E-state index contributed by atoms with van der Waals surface area (Å²) in [7, 11) is 0. The van der Waals surface area contributed by atoms with Crippen LogP contribution in [0.4, 0.5) is 25.1 Å². The number of alkyl halides is 1. The van der Waals surface area contributed by atoms with E-state index in [1.165, 1.54) is 6.07 Å². The second-order valence-corrected chi connectivity index (χ2v) is 6.98. The van der Waals surface area contributed by atoms with Crippen LogP contribution in [0.25, 0.3) is 0 Å². The molecule has 1 aromatic carbocycles. The molecule has 0 saturated heterocycles. The monoisotopic (exact) mass is 379 g/mol. The van der Waals surface area contributed by atoms with Crippen molar-refractivity contribution in [2.45, 2.75) is 57.7 Å². The third kappa shape index (κ3) is 4.87. The minimum Gasteiger partial charge on any atom is -0.368 e. The number of nitrogens with one attached hydrogen (secondary N) is 1. The number of nitrogen functional groups attached to an aromatic ring is 1. The molecule has 1 aliphatic rings. The molecule has 0 amide bonds.